The van der Waals surface area contributed by atoms with E-state index in [2.05, 4.69) is 63.7 Å². The van der Waals surface area contributed by atoms with Crippen LogP contribution in [-0.4, -0.2) is 7.11 Å². The minimum absolute atomic E-state index is 0.424. The Hall–Kier alpha value is -0.0400. The van der Waals surface area contributed by atoms with E-state index >= 15 is 0 Å². The van der Waals surface area contributed by atoms with Crippen LogP contribution in [0.25, 0.3) is 0 Å². The predicted octanol–water partition coefficient (Wildman–Crippen LogP) is 6.46. The number of hydrogen-bond acceptors (Lipinski definition) is 2. The fourth-order valence-electron chi connectivity index (χ4n) is 1.84. The van der Waals surface area contributed by atoms with Crippen molar-refractivity contribution >= 4 is 63.7 Å². The largest absolute Gasteiger partial charge is 0.496 e. The summed E-state index contributed by atoms with van der Waals surface area (Å²) in [5, 5.41) is 0.796. The normalized spacial score (nSPS) is 10.5. The van der Waals surface area contributed by atoms with Crippen LogP contribution in [0.3, 0.4) is 0 Å². The minimum atomic E-state index is 0.424. The molecule has 0 radical (unpaired) electrons. The van der Waals surface area contributed by atoms with E-state index in [1.165, 1.54) is 5.56 Å². The van der Waals surface area contributed by atoms with Gasteiger partial charge in [-0.15, -0.1) is 0 Å². The summed E-state index contributed by atoms with van der Waals surface area (Å²) in [6.45, 7) is 0.424. The van der Waals surface area contributed by atoms with Crippen LogP contribution in [0.15, 0.2) is 43.7 Å². The lowest BCUT2D eigenvalue weighted by Crippen LogP contribution is -2.00. The van der Waals surface area contributed by atoms with Crippen LogP contribution in [0.1, 0.15) is 11.1 Å². The molecule has 0 aliphatic carbocycles. The maximum absolute atomic E-state index is 5.94. The lowest BCUT2D eigenvalue weighted by molar-refractivity contribution is 0.293. The topological polar surface area (TPSA) is 18.5 Å². The second-order valence-corrected chi connectivity index (χ2v) is 7.45. The highest BCUT2D eigenvalue weighted by Crippen LogP contribution is 2.36. The number of alkyl halides is 1. The SMILES string of the molecule is COc1ccc(Br)cc1COc1c(Br)cc(CBr)cc1Br. The number of halogens is 4. The van der Waals surface area contributed by atoms with E-state index < -0.39 is 0 Å². The molecule has 0 bridgehead atoms. The van der Waals surface area contributed by atoms with Crippen LogP contribution in [0.5, 0.6) is 11.5 Å². The molecule has 0 saturated heterocycles. The van der Waals surface area contributed by atoms with E-state index in [4.69, 9.17) is 9.47 Å². The molecule has 2 aromatic rings. The summed E-state index contributed by atoms with van der Waals surface area (Å²) >= 11 is 14.0. The second kappa shape index (κ2) is 7.99. The van der Waals surface area contributed by atoms with Crippen molar-refractivity contribution in [3.05, 3.63) is 54.9 Å². The van der Waals surface area contributed by atoms with Gasteiger partial charge in [-0.1, -0.05) is 31.9 Å². The molecule has 0 spiro atoms. The Morgan fingerprint density at radius 2 is 1.67 bits per heavy atom. The molecular formula is C15H12Br4O2. The van der Waals surface area contributed by atoms with E-state index in [0.717, 1.165) is 35.8 Å². The highest BCUT2D eigenvalue weighted by Gasteiger charge is 2.11. The van der Waals surface area contributed by atoms with Gasteiger partial charge < -0.3 is 9.47 Å². The molecule has 6 heteroatoms. The lowest BCUT2D eigenvalue weighted by Gasteiger charge is -2.14. The third-order valence-corrected chi connectivity index (χ3v) is 5.15. The zero-order valence-electron chi connectivity index (χ0n) is 11.1. The van der Waals surface area contributed by atoms with E-state index in [9.17, 15) is 0 Å². The highest BCUT2D eigenvalue weighted by molar-refractivity contribution is 9.11. The summed E-state index contributed by atoms with van der Waals surface area (Å²) in [4.78, 5) is 0. The molecule has 21 heavy (non-hydrogen) atoms. The summed E-state index contributed by atoms with van der Waals surface area (Å²) in [6, 6.07) is 9.92. The molecule has 0 N–H and O–H groups in total. The Morgan fingerprint density at radius 1 is 1.00 bits per heavy atom. The van der Waals surface area contributed by atoms with Crippen molar-refractivity contribution in [3.8, 4) is 11.5 Å². The van der Waals surface area contributed by atoms with Crippen LogP contribution in [-0.2, 0) is 11.9 Å². The molecular weight excluding hydrogens is 532 g/mol. The number of ether oxygens (including phenoxy) is 2. The quantitative estimate of drug-likeness (QED) is 0.403. The van der Waals surface area contributed by atoms with Crippen molar-refractivity contribution in [1.29, 1.82) is 0 Å². The standard InChI is InChI=1S/C15H12Br4O2/c1-20-14-3-2-11(17)6-10(14)8-21-15-12(18)4-9(7-16)5-13(15)19/h2-6H,7-8H2,1H3. The van der Waals surface area contributed by atoms with Crippen LogP contribution < -0.4 is 9.47 Å². The Labute approximate surface area is 157 Å². The molecule has 0 aliphatic rings. The summed E-state index contributed by atoms with van der Waals surface area (Å²) in [5.74, 6) is 1.59. The summed E-state index contributed by atoms with van der Waals surface area (Å²) in [5.41, 5.74) is 2.15. The summed E-state index contributed by atoms with van der Waals surface area (Å²) in [7, 11) is 1.66. The highest BCUT2D eigenvalue weighted by atomic mass is 79.9. The van der Waals surface area contributed by atoms with Gasteiger partial charge in [0.1, 0.15) is 18.1 Å². The molecule has 0 fully saturated rings. The van der Waals surface area contributed by atoms with Gasteiger partial charge >= 0.3 is 0 Å². The Balaban J connectivity index is 2.22. The van der Waals surface area contributed by atoms with Crippen LogP contribution >= 0.6 is 63.7 Å². The molecule has 0 heterocycles. The third kappa shape index (κ3) is 4.47. The Bertz CT molecular complexity index is 621. The van der Waals surface area contributed by atoms with Gasteiger partial charge in [-0.2, -0.15) is 0 Å². The van der Waals surface area contributed by atoms with Crippen LogP contribution in [0.4, 0.5) is 0 Å². The van der Waals surface area contributed by atoms with Gasteiger partial charge in [-0.25, -0.2) is 0 Å². The van der Waals surface area contributed by atoms with E-state index in [1.807, 2.05) is 30.3 Å². The lowest BCUT2D eigenvalue weighted by atomic mass is 10.2. The van der Waals surface area contributed by atoms with E-state index in [1.54, 1.807) is 7.11 Å². The van der Waals surface area contributed by atoms with E-state index in [0.29, 0.717) is 6.61 Å². The average Bonchev–Trinajstić information content (AvgIpc) is 2.46. The molecule has 0 saturated carbocycles. The number of benzene rings is 2. The monoisotopic (exact) mass is 540 g/mol. The summed E-state index contributed by atoms with van der Waals surface area (Å²) in [6.07, 6.45) is 0. The smallest absolute Gasteiger partial charge is 0.148 e. The molecule has 0 aromatic heterocycles. The second-order valence-electron chi connectivity index (χ2n) is 4.27. The average molecular weight is 544 g/mol. The first-order chi connectivity index (χ1) is 10.0. The molecule has 2 nitrogen and oxygen atoms in total. The number of methoxy groups -OCH3 is 1. The molecule has 112 valence electrons. The molecule has 0 aliphatic heterocycles. The van der Waals surface area contributed by atoms with Gasteiger partial charge in [0, 0.05) is 15.4 Å². The molecule has 0 unspecified atom stereocenters. The van der Waals surface area contributed by atoms with Crippen molar-refractivity contribution in [2.45, 2.75) is 11.9 Å². The van der Waals surface area contributed by atoms with Gasteiger partial charge in [-0.3, -0.25) is 0 Å². The zero-order chi connectivity index (χ0) is 15.4. The van der Waals surface area contributed by atoms with Crippen LogP contribution in [0, 0.1) is 0 Å². The van der Waals surface area contributed by atoms with Crippen LogP contribution in [0.2, 0.25) is 0 Å². The molecule has 0 amide bonds. The predicted molar refractivity (Wildman–Crippen MR) is 99.5 cm³/mol. The Morgan fingerprint density at radius 3 is 2.24 bits per heavy atom. The van der Waals surface area contributed by atoms with Gasteiger partial charge in [0.05, 0.1) is 16.1 Å². The zero-order valence-corrected chi connectivity index (χ0v) is 17.5. The van der Waals surface area contributed by atoms with Crippen molar-refractivity contribution in [1.82, 2.24) is 0 Å². The first-order valence-electron chi connectivity index (χ1n) is 6.04. The van der Waals surface area contributed by atoms with Gasteiger partial charge in [-0.05, 0) is 67.8 Å². The molecule has 2 aromatic carbocycles. The van der Waals surface area contributed by atoms with Crippen molar-refractivity contribution < 1.29 is 9.47 Å². The Kier molecular flexibility index (Phi) is 6.59. The van der Waals surface area contributed by atoms with Gasteiger partial charge in [0.25, 0.3) is 0 Å². The van der Waals surface area contributed by atoms with Gasteiger partial charge in [0.15, 0.2) is 0 Å². The third-order valence-electron chi connectivity index (χ3n) is 2.83. The molecule has 0 atom stereocenters. The van der Waals surface area contributed by atoms with Crippen molar-refractivity contribution in [2.24, 2.45) is 0 Å². The van der Waals surface area contributed by atoms with Crippen molar-refractivity contribution in [2.75, 3.05) is 7.11 Å². The summed E-state index contributed by atoms with van der Waals surface area (Å²) < 4.78 is 14.1. The number of rotatable bonds is 5. The fourth-order valence-corrected chi connectivity index (χ4v) is 4.08. The fraction of sp³-hybridized carbons (Fsp3) is 0.200. The van der Waals surface area contributed by atoms with Gasteiger partial charge in [0.2, 0.25) is 0 Å². The maximum Gasteiger partial charge on any atom is 0.148 e. The number of hydrogen-bond donors (Lipinski definition) is 0. The first kappa shape index (κ1) is 17.3. The molecule has 2 rings (SSSR count). The first-order valence-corrected chi connectivity index (χ1v) is 9.54. The van der Waals surface area contributed by atoms with Crippen molar-refractivity contribution in [3.63, 3.8) is 0 Å². The maximum atomic E-state index is 5.94. The minimum Gasteiger partial charge on any atom is -0.496 e. The van der Waals surface area contributed by atoms with E-state index in [-0.39, 0.29) is 0 Å².